The lowest BCUT2D eigenvalue weighted by molar-refractivity contribution is -0.245. The molecule has 2 aromatic heterocycles. The number of hydrogen-bond acceptors (Lipinski definition) is 9. The maximum Gasteiger partial charge on any atom is 0.275 e. The number of anilines is 1. The van der Waals surface area contributed by atoms with Gasteiger partial charge in [0.05, 0.1) is 36.0 Å². The summed E-state index contributed by atoms with van der Waals surface area (Å²) in [7, 11) is 0. The second kappa shape index (κ2) is 12.5. The van der Waals surface area contributed by atoms with Gasteiger partial charge in [0.1, 0.15) is 5.69 Å². The van der Waals surface area contributed by atoms with Crippen molar-refractivity contribution in [2.75, 3.05) is 11.1 Å². The van der Waals surface area contributed by atoms with Crippen molar-refractivity contribution in [1.82, 2.24) is 19.9 Å². The number of hydrogen-bond donors (Lipinski definition) is 2. The Morgan fingerprint density at radius 3 is 2.51 bits per heavy atom. The highest BCUT2D eigenvalue weighted by Gasteiger charge is 2.32. The second-order valence-electron chi connectivity index (χ2n) is 9.52. The number of amides is 1. The molecule has 5 aromatic rings. The monoisotopic (exact) mass is 565 g/mol. The van der Waals surface area contributed by atoms with E-state index in [0.717, 1.165) is 22.2 Å². The van der Waals surface area contributed by atoms with Crippen molar-refractivity contribution >= 4 is 34.4 Å². The van der Waals surface area contributed by atoms with Crippen LogP contribution in [-0.4, -0.2) is 42.8 Å². The van der Waals surface area contributed by atoms with Crippen LogP contribution in [0.1, 0.15) is 46.0 Å². The largest absolute Gasteiger partial charge is 0.392 e. The summed E-state index contributed by atoms with van der Waals surface area (Å²) in [6.45, 7) is -0.0167. The van der Waals surface area contributed by atoms with Crippen LogP contribution in [0, 0.1) is 0 Å². The smallest absolute Gasteiger partial charge is 0.275 e. The quantitative estimate of drug-likeness (QED) is 0.186. The number of aromatic nitrogens is 4. The third-order valence-electron chi connectivity index (χ3n) is 6.65. The Morgan fingerprint density at radius 1 is 0.902 bits per heavy atom. The van der Waals surface area contributed by atoms with Gasteiger partial charge < -0.3 is 19.9 Å². The molecule has 3 aromatic carbocycles. The van der Waals surface area contributed by atoms with Crippen LogP contribution < -0.4 is 5.32 Å². The zero-order valence-electron chi connectivity index (χ0n) is 22.0. The summed E-state index contributed by atoms with van der Waals surface area (Å²) in [4.78, 5) is 30.4. The predicted octanol–water partition coefficient (Wildman–Crippen LogP) is 5.50. The van der Waals surface area contributed by atoms with Gasteiger partial charge in [0.25, 0.3) is 5.91 Å². The number of thioether (sulfide) groups is 1. The van der Waals surface area contributed by atoms with E-state index in [2.05, 4.69) is 25.3 Å². The van der Waals surface area contributed by atoms with E-state index in [-0.39, 0.29) is 30.4 Å². The highest BCUT2D eigenvalue weighted by molar-refractivity contribution is 7.99. The van der Waals surface area contributed by atoms with Crippen molar-refractivity contribution in [3.05, 3.63) is 120 Å². The maximum absolute atomic E-state index is 13.0. The molecule has 206 valence electrons. The number of carbonyl (C=O) groups is 1. The molecule has 1 saturated heterocycles. The first-order chi connectivity index (χ1) is 20.1. The number of rotatable bonds is 8. The molecule has 1 amide bonds. The zero-order valence-corrected chi connectivity index (χ0v) is 22.8. The fourth-order valence-electron chi connectivity index (χ4n) is 4.57. The fraction of sp³-hybridized carbons (Fsp3) is 0.194. The Kier molecular flexibility index (Phi) is 8.24. The Bertz CT molecular complexity index is 1640. The highest BCUT2D eigenvalue weighted by Crippen LogP contribution is 2.39. The average molecular weight is 566 g/mol. The van der Waals surface area contributed by atoms with E-state index >= 15 is 0 Å². The van der Waals surface area contributed by atoms with Crippen molar-refractivity contribution in [3.63, 3.8) is 0 Å². The summed E-state index contributed by atoms with van der Waals surface area (Å²) >= 11 is 1.53. The standard InChI is InChI=1S/C31H27N5O4S/c37-18-20-9-11-21(12-10-20)28-16-24(19-41-31-32-13-4-14-33-31)39-30(40-28)22-5-3-6-23(15-22)35-29(38)27-17-34-25-7-1-2-8-26(25)36-27/h1-15,17,24,28,30,37H,16,18-19H2,(H,35,38)/t24-,28+,30+/m0/s1. The number of para-hydroxylation sites is 2. The molecule has 0 aliphatic carbocycles. The van der Waals surface area contributed by atoms with E-state index in [0.29, 0.717) is 28.5 Å². The molecule has 0 radical (unpaired) electrons. The first-order valence-electron chi connectivity index (χ1n) is 13.2. The van der Waals surface area contributed by atoms with Gasteiger partial charge in [-0.15, -0.1) is 0 Å². The van der Waals surface area contributed by atoms with Gasteiger partial charge in [-0.2, -0.15) is 0 Å². The maximum atomic E-state index is 13.0. The van der Waals surface area contributed by atoms with Gasteiger partial charge >= 0.3 is 0 Å². The molecule has 0 unspecified atom stereocenters. The van der Waals surface area contributed by atoms with Crippen LogP contribution in [0.3, 0.4) is 0 Å². The fourth-order valence-corrected chi connectivity index (χ4v) is 5.40. The number of ether oxygens (including phenoxy) is 2. The number of aliphatic hydroxyl groups is 1. The van der Waals surface area contributed by atoms with Crippen molar-refractivity contribution < 1.29 is 19.4 Å². The Morgan fingerprint density at radius 2 is 1.71 bits per heavy atom. The minimum absolute atomic E-state index is 0.0167. The number of nitrogens with one attached hydrogen (secondary N) is 1. The number of fused-ring (bicyclic) bond motifs is 1. The molecule has 3 heterocycles. The van der Waals surface area contributed by atoms with Crippen LogP contribution in [0.2, 0.25) is 0 Å². The molecule has 0 bridgehead atoms. The van der Waals surface area contributed by atoms with Gasteiger partial charge in [-0.05, 0) is 41.5 Å². The summed E-state index contributed by atoms with van der Waals surface area (Å²) < 4.78 is 12.9. The first-order valence-corrected chi connectivity index (χ1v) is 14.2. The molecule has 9 nitrogen and oxygen atoms in total. The Labute approximate surface area is 241 Å². The van der Waals surface area contributed by atoms with E-state index in [1.807, 2.05) is 72.8 Å². The van der Waals surface area contributed by atoms with Crippen molar-refractivity contribution in [2.24, 2.45) is 0 Å². The van der Waals surface area contributed by atoms with E-state index in [4.69, 9.17) is 9.47 Å². The lowest BCUT2D eigenvalue weighted by Crippen LogP contribution is -2.31. The van der Waals surface area contributed by atoms with E-state index in [1.54, 1.807) is 18.5 Å². The predicted molar refractivity (Wildman–Crippen MR) is 155 cm³/mol. The number of nitrogens with zero attached hydrogens (tertiary/aromatic N) is 4. The third-order valence-corrected chi connectivity index (χ3v) is 7.66. The Hall–Kier alpha value is -4.22. The number of benzene rings is 3. The van der Waals surface area contributed by atoms with Crippen molar-refractivity contribution in [1.29, 1.82) is 0 Å². The molecule has 1 aliphatic heterocycles. The molecule has 0 saturated carbocycles. The molecular formula is C31H27N5O4S. The SMILES string of the molecule is O=C(Nc1cccc([C@@H]2O[C@H](CSc3ncccn3)C[C@H](c3ccc(CO)cc3)O2)c1)c1cnc2ccccc2n1. The van der Waals surface area contributed by atoms with Crippen LogP contribution in [0.5, 0.6) is 0 Å². The molecule has 3 atom stereocenters. The van der Waals surface area contributed by atoms with Gasteiger partial charge in [-0.25, -0.2) is 15.0 Å². The van der Waals surface area contributed by atoms with E-state index in [9.17, 15) is 9.90 Å². The van der Waals surface area contributed by atoms with Crippen LogP contribution in [0.25, 0.3) is 11.0 Å². The summed E-state index contributed by atoms with van der Waals surface area (Å²) in [6.07, 6.45) is 4.53. The van der Waals surface area contributed by atoms with E-state index in [1.165, 1.54) is 18.0 Å². The number of aliphatic hydroxyl groups excluding tert-OH is 1. The molecule has 2 N–H and O–H groups in total. The van der Waals surface area contributed by atoms with Gasteiger partial charge in [-0.1, -0.05) is 60.3 Å². The first kappa shape index (κ1) is 27.0. The van der Waals surface area contributed by atoms with Crippen LogP contribution in [0.15, 0.2) is 103 Å². The zero-order chi connectivity index (χ0) is 28.0. The number of carbonyl (C=O) groups excluding carboxylic acids is 1. The van der Waals surface area contributed by atoms with Gasteiger partial charge in [-0.3, -0.25) is 9.78 Å². The topological polar surface area (TPSA) is 119 Å². The lowest BCUT2D eigenvalue weighted by Gasteiger charge is -2.36. The molecule has 1 aliphatic rings. The molecule has 1 fully saturated rings. The van der Waals surface area contributed by atoms with Crippen LogP contribution in [-0.2, 0) is 16.1 Å². The highest BCUT2D eigenvalue weighted by atomic mass is 32.2. The van der Waals surface area contributed by atoms with Gasteiger partial charge in [0.2, 0.25) is 0 Å². The second-order valence-corrected chi connectivity index (χ2v) is 10.5. The summed E-state index contributed by atoms with van der Waals surface area (Å²) in [6, 6.07) is 24.4. The average Bonchev–Trinajstić information content (AvgIpc) is 3.04. The minimum atomic E-state index is -0.661. The minimum Gasteiger partial charge on any atom is -0.392 e. The van der Waals surface area contributed by atoms with Crippen LogP contribution in [0.4, 0.5) is 5.69 Å². The molecular weight excluding hydrogens is 538 g/mol. The van der Waals surface area contributed by atoms with Gasteiger partial charge in [0.15, 0.2) is 11.4 Å². The summed E-state index contributed by atoms with van der Waals surface area (Å²) in [5.41, 5.74) is 4.81. The third kappa shape index (κ3) is 6.58. The molecule has 10 heteroatoms. The molecule has 41 heavy (non-hydrogen) atoms. The normalized spacial score (nSPS) is 18.7. The molecule has 0 spiro atoms. The van der Waals surface area contributed by atoms with Crippen molar-refractivity contribution in [2.45, 2.75) is 36.7 Å². The summed E-state index contributed by atoms with van der Waals surface area (Å²) in [5.74, 6) is 0.288. The van der Waals surface area contributed by atoms with Crippen LogP contribution >= 0.6 is 11.8 Å². The van der Waals surface area contributed by atoms with E-state index < -0.39 is 6.29 Å². The van der Waals surface area contributed by atoms with Crippen molar-refractivity contribution in [3.8, 4) is 0 Å². The van der Waals surface area contributed by atoms with Gasteiger partial charge in [0, 0.05) is 35.8 Å². The lowest BCUT2D eigenvalue weighted by atomic mass is 10.0. The molecule has 6 rings (SSSR count). The Balaban J connectivity index is 1.21. The summed E-state index contributed by atoms with van der Waals surface area (Å²) in [5, 5.41) is 13.1.